The first kappa shape index (κ1) is 29.3. The van der Waals surface area contributed by atoms with Gasteiger partial charge in [-0.25, -0.2) is 13.8 Å². The Labute approximate surface area is 226 Å². The number of benzene rings is 2. The number of nitrogens with zero attached hydrogens (tertiary/aromatic N) is 2. The second-order valence-electron chi connectivity index (χ2n) is 10.3. The smallest absolute Gasteiger partial charge is 0.264 e. The maximum atomic E-state index is 13.8. The number of amides is 1. The Hall–Kier alpha value is -3.27. The predicted molar refractivity (Wildman–Crippen MR) is 149 cm³/mol. The number of rotatable bonds is 10. The van der Waals surface area contributed by atoms with E-state index in [-0.39, 0.29) is 16.1 Å². The summed E-state index contributed by atoms with van der Waals surface area (Å²) in [4.78, 5) is 12.9. The van der Waals surface area contributed by atoms with Gasteiger partial charge in [0, 0.05) is 11.8 Å². The third kappa shape index (κ3) is 7.18. The highest BCUT2D eigenvalue weighted by Crippen LogP contribution is 2.37. The Bertz CT molecular complexity index is 1230. The molecule has 0 radical (unpaired) electrons. The van der Waals surface area contributed by atoms with Gasteiger partial charge in [-0.2, -0.15) is 5.10 Å². The molecule has 0 unspecified atom stereocenters. The molecule has 1 fully saturated rings. The second-order valence-corrected chi connectivity index (χ2v) is 12.2. The summed E-state index contributed by atoms with van der Waals surface area (Å²) >= 11 is 0. The van der Waals surface area contributed by atoms with E-state index in [1.54, 1.807) is 24.3 Å². The van der Waals surface area contributed by atoms with Crippen molar-refractivity contribution in [1.82, 2.24) is 5.43 Å². The summed E-state index contributed by atoms with van der Waals surface area (Å²) in [5.41, 5.74) is 4.06. The fourth-order valence-corrected chi connectivity index (χ4v) is 5.97. The molecule has 1 saturated carbocycles. The number of carbonyl (C=O) groups is 1. The van der Waals surface area contributed by atoms with Crippen molar-refractivity contribution in [2.45, 2.75) is 58.3 Å². The molecule has 0 aromatic heterocycles. The first-order chi connectivity index (χ1) is 18.0. The molecule has 2 aromatic rings. The van der Waals surface area contributed by atoms with Crippen LogP contribution in [0.25, 0.3) is 0 Å². The van der Waals surface area contributed by atoms with Gasteiger partial charge >= 0.3 is 0 Å². The number of sulfonamides is 1. The third-order valence-corrected chi connectivity index (χ3v) is 8.56. The Morgan fingerprint density at radius 2 is 1.66 bits per heavy atom. The van der Waals surface area contributed by atoms with E-state index in [9.17, 15) is 13.2 Å². The highest BCUT2D eigenvalue weighted by atomic mass is 32.2. The number of nitrogens with one attached hydrogen (secondary N) is 1. The van der Waals surface area contributed by atoms with Crippen LogP contribution in [0.3, 0.4) is 0 Å². The first-order valence-electron chi connectivity index (χ1n) is 12.8. The van der Waals surface area contributed by atoms with E-state index in [1.165, 1.54) is 32.4 Å². The number of ether oxygens (including phenoxy) is 3. The zero-order valence-electron chi connectivity index (χ0n) is 23.1. The van der Waals surface area contributed by atoms with Crippen LogP contribution in [0.5, 0.6) is 17.2 Å². The van der Waals surface area contributed by atoms with Crippen LogP contribution in [-0.2, 0) is 14.8 Å². The van der Waals surface area contributed by atoms with E-state index in [0.29, 0.717) is 29.7 Å². The van der Waals surface area contributed by atoms with Crippen molar-refractivity contribution < 1.29 is 27.4 Å². The van der Waals surface area contributed by atoms with Crippen molar-refractivity contribution >= 4 is 27.3 Å². The molecule has 0 saturated heterocycles. The average molecular weight is 546 g/mol. The SMILES string of the molecule is CCOc1ccc(N(CC(=O)NN=C2CCC(C(C)(C)C)CC2)S(=O)(=O)c2ccc(OC)c(OC)c2)cc1. The van der Waals surface area contributed by atoms with E-state index >= 15 is 0 Å². The molecule has 0 heterocycles. The minimum absolute atomic E-state index is 0.0383. The van der Waals surface area contributed by atoms with Crippen LogP contribution in [0.15, 0.2) is 52.5 Å². The quantitative estimate of drug-likeness (QED) is 0.421. The molecule has 3 rings (SSSR count). The first-order valence-corrected chi connectivity index (χ1v) is 14.3. The Morgan fingerprint density at radius 3 is 2.21 bits per heavy atom. The largest absolute Gasteiger partial charge is 0.494 e. The van der Waals surface area contributed by atoms with Crippen molar-refractivity contribution in [2.24, 2.45) is 16.4 Å². The minimum Gasteiger partial charge on any atom is -0.494 e. The monoisotopic (exact) mass is 545 g/mol. The van der Waals surface area contributed by atoms with Crippen LogP contribution in [0.2, 0.25) is 0 Å². The molecule has 208 valence electrons. The number of methoxy groups -OCH3 is 2. The van der Waals surface area contributed by atoms with Crippen molar-refractivity contribution in [1.29, 1.82) is 0 Å². The average Bonchev–Trinajstić information content (AvgIpc) is 2.90. The number of hydrazone groups is 1. The van der Waals surface area contributed by atoms with Crippen molar-refractivity contribution in [3.05, 3.63) is 42.5 Å². The van der Waals surface area contributed by atoms with Crippen LogP contribution in [0.4, 0.5) is 5.69 Å². The van der Waals surface area contributed by atoms with Crippen LogP contribution in [-0.4, -0.2) is 47.4 Å². The fraction of sp³-hybridized carbons (Fsp3) is 0.500. The molecular weight excluding hydrogens is 506 g/mol. The van der Waals surface area contributed by atoms with Gasteiger partial charge in [-0.3, -0.25) is 9.10 Å². The number of anilines is 1. The Balaban J connectivity index is 1.84. The van der Waals surface area contributed by atoms with Crippen LogP contribution in [0, 0.1) is 11.3 Å². The minimum atomic E-state index is -4.15. The molecule has 10 heteroatoms. The summed E-state index contributed by atoms with van der Waals surface area (Å²) < 4.78 is 44.6. The van der Waals surface area contributed by atoms with Gasteiger partial charge in [0.05, 0.1) is 31.4 Å². The van der Waals surface area contributed by atoms with Crippen LogP contribution >= 0.6 is 0 Å². The van der Waals surface area contributed by atoms with Crippen molar-refractivity contribution in [3.63, 3.8) is 0 Å². The molecule has 0 atom stereocenters. The molecule has 1 N–H and O–H groups in total. The Kier molecular flexibility index (Phi) is 9.65. The summed E-state index contributed by atoms with van der Waals surface area (Å²) in [6.45, 7) is 8.63. The molecule has 0 aliphatic heterocycles. The van der Waals surface area contributed by atoms with E-state index in [4.69, 9.17) is 14.2 Å². The summed E-state index contributed by atoms with van der Waals surface area (Å²) in [5, 5.41) is 4.33. The summed E-state index contributed by atoms with van der Waals surface area (Å²) in [7, 11) is -1.25. The molecule has 1 aliphatic carbocycles. The maximum Gasteiger partial charge on any atom is 0.264 e. The molecule has 2 aromatic carbocycles. The number of carbonyl (C=O) groups excluding carboxylic acids is 1. The molecular formula is C28H39N3O6S. The fourth-order valence-electron chi connectivity index (χ4n) is 4.53. The zero-order chi connectivity index (χ0) is 27.9. The lowest BCUT2D eigenvalue weighted by Gasteiger charge is -2.34. The highest BCUT2D eigenvalue weighted by molar-refractivity contribution is 7.92. The Morgan fingerprint density at radius 1 is 1.03 bits per heavy atom. The lowest BCUT2D eigenvalue weighted by atomic mass is 9.72. The normalized spacial score (nSPS) is 15.9. The maximum absolute atomic E-state index is 13.8. The van der Waals surface area contributed by atoms with Gasteiger partial charge in [-0.1, -0.05) is 20.8 Å². The van der Waals surface area contributed by atoms with Gasteiger partial charge < -0.3 is 14.2 Å². The molecule has 1 aliphatic rings. The van der Waals surface area contributed by atoms with E-state index in [2.05, 4.69) is 31.3 Å². The molecule has 38 heavy (non-hydrogen) atoms. The lowest BCUT2D eigenvalue weighted by Crippen LogP contribution is -2.40. The standard InChI is InChI=1S/C28H39N3O6S/c1-7-37-23-14-12-22(13-15-23)31(38(33,34)24-16-17-25(35-5)26(18-24)36-6)19-27(32)30-29-21-10-8-20(9-11-21)28(2,3)4/h12-18,20H,7-11,19H2,1-6H3,(H,30,32). The molecule has 1 amide bonds. The molecule has 0 spiro atoms. The summed E-state index contributed by atoms with van der Waals surface area (Å²) in [5.74, 6) is 1.34. The number of hydrogen-bond donors (Lipinski definition) is 1. The topological polar surface area (TPSA) is 107 Å². The summed E-state index contributed by atoms with van der Waals surface area (Å²) in [6.07, 6.45) is 3.66. The van der Waals surface area contributed by atoms with Gasteiger partial charge in [-0.15, -0.1) is 0 Å². The van der Waals surface area contributed by atoms with Gasteiger partial charge in [0.2, 0.25) is 0 Å². The summed E-state index contributed by atoms with van der Waals surface area (Å²) in [6, 6.07) is 10.9. The second kappa shape index (κ2) is 12.5. The molecule has 0 bridgehead atoms. The van der Waals surface area contributed by atoms with E-state index in [1.807, 2.05) is 6.92 Å². The number of hydrogen-bond acceptors (Lipinski definition) is 7. The zero-order valence-corrected chi connectivity index (χ0v) is 23.9. The van der Waals surface area contributed by atoms with E-state index < -0.39 is 22.5 Å². The van der Waals surface area contributed by atoms with Crippen LogP contribution in [0.1, 0.15) is 53.4 Å². The highest BCUT2D eigenvalue weighted by Gasteiger charge is 2.30. The van der Waals surface area contributed by atoms with Gasteiger partial charge in [0.15, 0.2) is 11.5 Å². The van der Waals surface area contributed by atoms with E-state index in [0.717, 1.165) is 35.7 Å². The van der Waals surface area contributed by atoms with Gasteiger partial charge in [0.25, 0.3) is 15.9 Å². The van der Waals surface area contributed by atoms with Crippen molar-refractivity contribution in [3.8, 4) is 17.2 Å². The third-order valence-electron chi connectivity index (χ3n) is 6.79. The van der Waals surface area contributed by atoms with Crippen LogP contribution < -0.4 is 23.9 Å². The van der Waals surface area contributed by atoms with Gasteiger partial charge in [-0.05, 0) is 80.3 Å². The molecule has 9 nitrogen and oxygen atoms in total. The predicted octanol–water partition coefficient (Wildman–Crippen LogP) is 5.01. The van der Waals surface area contributed by atoms with Gasteiger partial charge in [0.1, 0.15) is 12.3 Å². The lowest BCUT2D eigenvalue weighted by molar-refractivity contribution is -0.119. The van der Waals surface area contributed by atoms with Crippen molar-refractivity contribution in [2.75, 3.05) is 31.7 Å².